The maximum atomic E-state index is 11.7. The first-order chi connectivity index (χ1) is 11.3. The molecule has 1 saturated heterocycles. The van der Waals surface area contributed by atoms with Crippen molar-refractivity contribution in [2.24, 2.45) is 0 Å². The van der Waals surface area contributed by atoms with Crippen LogP contribution in [0.5, 0.6) is 5.75 Å². The Bertz CT molecular complexity index is 514. The molecule has 5 nitrogen and oxygen atoms in total. The molecule has 1 aliphatic rings. The second-order valence-electron chi connectivity index (χ2n) is 5.88. The van der Waals surface area contributed by atoms with Gasteiger partial charge in [0.25, 0.3) is 5.91 Å². The van der Waals surface area contributed by atoms with Gasteiger partial charge in [-0.1, -0.05) is 12.8 Å². The molecule has 0 radical (unpaired) electrons. The number of benzene rings is 1. The number of ether oxygens (including phenoxy) is 1. The first kappa shape index (κ1) is 17.3. The summed E-state index contributed by atoms with van der Waals surface area (Å²) in [5.41, 5.74) is 0.579. The molecule has 1 N–H and O–H groups in total. The lowest BCUT2D eigenvalue weighted by Crippen LogP contribution is -2.33. The zero-order chi connectivity index (χ0) is 16.3. The van der Waals surface area contributed by atoms with E-state index in [9.17, 15) is 4.79 Å². The first-order valence-corrected chi connectivity index (χ1v) is 8.40. The van der Waals surface area contributed by atoms with Gasteiger partial charge >= 0.3 is 0 Å². The van der Waals surface area contributed by atoms with Crippen LogP contribution < -0.4 is 10.1 Å². The molecule has 1 aromatic carbocycles. The van der Waals surface area contributed by atoms with Gasteiger partial charge in [-0.05, 0) is 63.2 Å². The van der Waals surface area contributed by atoms with Crippen molar-refractivity contribution in [2.45, 2.75) is 32.1 Å². The summed E-state index contributed by atoms with van der Waals surface area (Å²) < 4.78 is 5.40. The summed E-state index contributed by atoms with van der Waals surface area (Å²) in [6, 6.07) is 8.79. The Morgan fingerprint density at radius 2 is 1.87 bits per heavy atom. The lowest BCUT2D eigenvalue weighted by molar-refractivity contribution is -0.123. The van der Waals surface area contributed by atoms with Gasteiger partial charge in [0.05, 0.1) is 11.6 Å². The largest absolute Gasteiger partial charge is 0.484 e. The van der Waals surface area contributed by atoms with Crippen molar-refractivity contribution in [3.05, 3.63) is 29.8 Å². The van der Waals surface area contributed by atoms with Gasteiger partial charge in [0.1, 0.15) is 5.75 Å². The molecular formula is C18H25N3O2. The highest BCUT2D eigenvalue weighted by atomic mass is 16.5. The molecule has 0 spiro atoms. The summed E-state index contributed by atoms with van der Waals surface area (Å²) in [5.74, 6) is 0.494. The molecule has 0 aliphatic carbocycles. The maximum Gasteiger partial charge on any atom is 0.257 e. The third-order valence-electron chi connectivity index (χ3n) is 4.03. The Morgan fingerprint density at radius 3 is 2.52 bits per heavy atom. The molecule has 0 bridgehead atoms. The van der Waals surface area contributed by atoms with E-state index in [1.54, 1.807) is 24.3 Å². The molecule has 0 unspecified atom stereocenters. The predicted octanol–water partition coefficient (Wildman–Crippen LogP) is 2.32. The smallest absolute Gasteiger partial charge is 0.257 e. The number of amides is 1. The monoisotopic (exact) mass is 315 g/mol. The summed E-state index contributed by atoms with van der Waals surface area (Å²) >= 11 is 0. The van der Waals surface area contributed by atoms with Crippen molar-refractivity contribution in [1.82, 2.24) is 10.2 Å². The van der Waals surface area contributed by atoms with E-state index in [4.69, 9.17) is 10.00 Å². The molecular weight excluding hydrogens is 290 g/mol. The number of likely N-dealkylation sites (tertiary alicyclic amines) is 1. The average Bonchev–Trinajstić information content (AvgIpc) is 2.86. The maximum absolute atomic E-state index is 11.7. The van der Waals surface area contributed by atoms with Gasteiger partial charge in [-0.25, -0.2) is 0 Å². The van der Waals surface area contributed by atoms with Crippen molar-refractivity contribution in [3.63, 3.8) is 0 Å². The lowest BCUT2D eigenvalue weighted by Gasteiger charge is -2.19. The highest BCUT2D eigenvalue weighted by Gasteiger charge is 2.08. The highest BCUT2D eigenvalue weighted by molar-refractivity contribution is 5.77. The van der Waals surface area contributed by atoms with Crippen LogP contribution >= 0.6 is 0 Å². The fourth-order valence-corrected chi connectivity index (χ4v) is 2.72. The molecule has 0 aromatic heterocycles. The number of nitriles is 1. The SMILES string of the molecule is N#Cc1ccc(OCC(=O)NCCCN2CCCCCC2)cc1. The minimum atomic E-state index is -0.106. The number of nitrogens with zero attached hydrogens (tertiary/aromatic N) is 2. The van der Waals surface area contributed by atoms with Gasteiger partial charge in [0, 0.05) is 6.54 Å². The Balaban J connectivity index is 1.56. The molecule has 5 heteroatoms. The van der Waals surface area contributed by atoms with Gasteiger partial charge in [0.15, 0.2) is 6.61 Å². The van der Waals surface area contributed by atoms with Gasteiger partial charge < -0.3 is 15.0 Å². The Hall–Kier alpha value is -2.06. The zero-order valence-corrected chi connectivity index (χ0v) is 13.6. The van der Waals surface area contributed by atoms with Crippen LogP contribution in [0.2, 0.25) is 0 Å². The fourth-order valence-electron chi connectivity index (χ4n) is 2.72. The number of carbonyl (C=O) groups excluding carboxylic acids is 1. The van der Waals surface area contributed by atoms with E-state index in [0.29, 0.717) is 17.9 Å². The molecule has 2 rings (SSSR count). The standard InChI is InChI=1S/C18H25N3O2/c19-14-16-6-8-17(9-7-16)23-15-18(22)20-10-5-13-21-11-3-1-2-4-12-21/h6-9H,1-5,10-13,15H2,(H,20,22). The van der Waals surface area contributed by atoms with E-state index in [-0.39, 0.29) is 12.5 Å². The Labute approximate surface area is 138 Å². The van der Waals surface area contributed by atoms with Gasteiger partial charge in [-0.2, -0.15) is 5.26 Å². The van der Waals surface area contributed by atoms with Crippen LogP contribution in [0.15, 0.2) is 24.3 Å². The molecule has 1 amide bonds. The Kier molecular flexibility index (Phi) is 7.41. The quantitative estimate of drug-likeness (QED) is 0.784. The van der Waals surface area contributed by atoms with E-state index in [0.717, 1.165) is 13.0 Å². The summed E-state index contributed by atoms with van der Waals surface area (Å²) in [6.07, 6.45) is 6.26. The number of carbonyl (C=O) groups is 1. The van der Waals surface area contributed by atoms with Gasteiger partial charge in [-0.15, -0.1) is 0 Å². The Morgan fingerprint density at radius 1 is 1.17 bits per heavy atom. The summed E-state index contributed by atoms with van der Waals surface area (Å²) in [6.45, 7) is 4.13. The molecule has 0 atom stereocenters. The van der Waals surface area contributed by atoms with Crippen LogP contribution in [0.25, 0.3) is 0 Å². The lowest BCUT2D eigenvalue weighted by atomic mass is 10.2. The molecule has 1 aromatic rings. The average molecular weight is 315 g/mol. The molecule has 1 fully saturated rings. The van der Waals surface area contributed by atoms with Gasteiger partial charge in [-0.3, -0.25) is 4.79 Å². The molecule has 1 aliphatic heterocycles. The molecule has 1 heterocycles. The third kappa shape index (κ3) is 6.70. The topological polar surface area (TPSA) is 65.4 Å². The van der Waals surface area contributed by atoms with Crippen molar-refractivity contribution < 1.29 is 9.53 Å². The second kappa shape index (κ2) is 9.86. The van der Waals surface area contributed by atoms with Crippen molar-refractivity contribution in [1.29, 1.82) is 5.26 Å². The summed E-state index contributed by atoms with van der Waals surface area (Å²) in [4.78, 5) is 14.2. The number of hydrogen-bond donors (Lipinski definition) is 1. The zero-order valence-electron chi connectivity index (χ0n) is 13.6. The second-order valence-corrected chi connectivity index (χ2v) is 5.88. The third-order valence-corrected chi connectivity index (χ3v) is 4.03. The fraction of sp³-hybridized carbons (Fsp3) is 0.556. The summed E-state index contributed by atoms with van der Waals surface area (Å²) in [7, 11) is 0. The van der Waals surface area contributed by atoms with E-state index < -0.39 is 0 Å². The number of nitrogens with one attached hydrogen (secondary N) is 1. The van der Waals surface area contributed by atoms with E-state index >= 15 is 0 Å². The number of hydrogen-bond acceptors (Lipinski definition) is 4. The normalized spacial score (nSPS) is 15.4. The molecule has 124 valence electrons. The minimum Gasteiger partial charge on any atom is -0.484 e. The molecule has 0 saturated carbocycles. The van der Waals surface area contributed by atoms with Crippen molar-refractivity contribution in [3.8, 4) is 11.8 Å². The first-order valence-electron chi connectivity index (χ1n) is 8.40. The minimum absolute atomic E-state index is 0.00954. The van der Waals surface area contributed by atoms with E-state index in [1.165, 1.54) is 38.8 Å². The van der Waals surface area contributed by atoms with Gasteiger partial charge in [0.2, 0.25) is 0 Å². The van der Waals surface area contributed by atoms with Crippen LogP contribution in [-0.4, -0.2) is 43.6 Å². The van der Waals surface area contributed by atoms with Crippen molar-refractivity contribution in [2.75, 3.05) is 32.8 Å². The highest BCUT2D eigenvalue weighted by Crippen LogP contribution is 2.11. The summed E-state index contributed by atoms with van der Waals surface area (Å²) in [5, 5.41) is 11.6. The van der Waals surface area contributed by atoms with Crippen LogP contribution in [0.1, 0.15) is 37.7 Å². The number of rotatable bonds is 7. The van der Waals surface area contributed by atoms with Crippen molar-refractivity contribution >= 4 is 5.91 Å². The van der Waals surface area contributed by atoms with E-state index in [2.05, 4.69) is 10.2 Å². The van der Waals surface area contributed by atoms with Crippen LogP contribution in [0.3, 0.4) is 0 Å². The van der Waals surface area contributed by atoms with Crippen LogP contribution in [0.4, 0.5) is 0 Å². The predicted molar refractivity (Wildman–Crippen MR) is 89.2 cm³/mol. The molecule has 23 heavy (non-hydrogen) atoms. The van der Waals surface area contributed by atoms with E-state index in [1.807, 2.05) is 6.07 Å². The van der Waals surface area contributed by atoms with Crippen LogP contribution in [-0.2, 0) is 4.79 Å². The van der Waals surface area contributed by atoms with Crippen LogP contribution in [0, 0.1) is 11.3 Å².